The number of pyridine rings is 1. The van der Waals surface area contributed by atoms with Gasteiger partial charge in [-0.05, 0) is 74.9 Å². The van der Waals surface area contributed by atoms with Gasteiger partial charge in [-0.25, -0.2) is 0 Å². The van der Waals surface area contributed by atoms with E-state index in [0.29, 0.717) is 17.7 Å². The molecule has 4 rings (SSSR count). The van der Waals surface area contributed by atoms with E-state index in [4.69, 9.17) is 0 Å². The number of hydrogen-bond donors (Lipinski definition) is 0. The first kappa shape index (κ1) is 23.4. The van der Waals surface area contributed by atoms with Crippen LogP contribution in [0.3, 0.4) is 0 Å². The number of nitrogens with zero attached hydrogens (tertiary/aromatic N) is 3. The van der Waals surface area contributed by atoms with Crippen molar-refractivity contribution in [2.75, 3.05) is 11.4 Å². The summed E-state index contributed by atoms with van der Waals surface area (Å²) in [4.78, 5) is 46.8. The van der Waals surface area contributed by atoms with E-state index in [0.717, 1.165) is 46.5 Å². The van der Waals surface area contributed by atoms with Gasteiger partial charge < -0.3 is 4.90 Å². The zero-order chi connectivity index (χ0) is 24.2. The molecule has 0 saturated carbocycles. The Morgan fingerprint density at radius 1 is 0.912 bits per heavy atom. The Balaban J connectivity index is 1.56. The summed E-state index contributed by atoms with van der Waals surface area (Å²) in [5, 5.41) is 0. The maximum atomic E-state index is 13.8. The van der Waals surface area contributed by atoms with Gasteiger partial charge in [0.1, 0.15) is 6.04 Å². The highest BCUT2D eigenvalue weighted by molar-refractivity contribution is 6.23. The lowest BCUT2D eigenvalue weighted by atomic mass is 10.0. The van der Waals surface area contributed by atoms with Crippen molar-refractivity contribution in [1.82, 2.24) is 9.88 Å². The van der Waals surface area contributed by atoms with E-state index < -0.39 is 17.9 Å². The first-order valence-electron chi connectivity index (χ1n) is 11.6. The van der Waals surface area contributed by atoms with Crippen LogP contribution in [0, 0.1) is 13.8 Å². The van der Waals surface area contributed by atoms with Gasteiger partial charge in [0.2, 0.25) is 5.91 Å². The molecule has 0 aliphatic carbocycles. The Kier molecular flexibility index (Phi) is 6.87. The molecule has 1 unspecified atom stereocenters. The monoisotopic (exact) mass is 455 g/mol. The Bertz CT molecular complexity index is 1170. The quantitative estimate of drug-likeness (QED) is 0.363. The minimum Gasteiger partial charge on any atom is -0.310 e. The van der Waals surface area contributed by atoms with Crippen LogP contribution in [-0.2, 0) is 11.2 Å². The molecule has 0 N–H and O–H groups in total. The van der Waals surface area contributed by atoms with E-state index >= 15 is 0 Å². The number of unbranched alkanes of at least 4 members (excludes halogenated alkanes) is 1. The summed E-state index contributed by atoms with van der Waals surface area (Å²) in [7, 11) is 0. The summed E-state index contributed by atoms with van der Waals surface area (Å²) < 4.78 is 0. The first-order valence-corrected chi connectivity index (χ1v) is 11.6. The van der Waals surface area contributed by atoms with Gasteiger partial charge in [0, 0.05) is 24.6 Å². The number of fused-ring (bicyclic) bond motifs is 1. The molecule has 0 radical (unpaired) electrons. The van der Waals surface area contributed by atoms with Crippen LogP contribution in [-0.4, -0.2) is 40.2 Å². The number of benzene rings is 2. The normalized spacial score (nSPS) is 13.7. The van der Waals surface area contributed by atoms with Crippen molar-refractivity contribution in [2.24, 2.45) is 0 Å². The van der Waals surface area contributed by atoms with Crippen LogP contribution in [0.2, 0.25) is 0 Å². The SMILES string of the molecule is Cc1cccc(C)c1N(CCCCc1cccnc1)C(=O)C(C)N1C(=O)c2ccccc2C1=O. The van der Waals surface area contributed by atoms with E-state index in [2.05, 4.69) is 4.98 Å². The molecule has 6 nitrogen and oxygen atoms in total. The molecule has 1 aliphatic heterocycles. The largest absolute Gasteiger partial charge is 0.310 e. The molecule has 3 amide bonds. The molecule has 6 heteroatoms. The minimum absolute atomic E-state index is 0.256. The van der Waals surface area contributed by atoms with Gasteiger partial charge in [-0.3, -0.25) is 24.3 Å². The molecule has 0 bridgehead atoms. The predicted molar refractivity (Wildman–Crippen MR) is 132 cm³/mol. The van der Waals surface area contributed by atoms with E-state index in [1.807, 2.05) is 50.4 Å². The van der Waals surface area contributed by atoms with Crippen LogP contribution in [0.1, 0.15) is 57.2 Å². The standard InChI is InChI=1S/C28H29N3O3/c1-19-10-8-11-20(2)25(19)30(17-7-6-12-22-13-9-16-29-18-22)26(32)21(3)31-27(33)23-14-4-5-15-24(23)28(31)34/h4-5,8-11,13-16,18,21H,6-7,12,17H2,1-3H3. The van der Waals surface area contributed by atoms with Crippen molar-refractivity contribution in [3.63, 3.8) is 0 Å². The number of rotatable bonds is 8. The second-order valence-electron chi connectivity index (χ2n) is 8.75. The van der Waals surface area contributed by atoms with Crippen LogP contribution in [0.5, 0.6) is 0 Å². The summed E-state index contributed by atoms with van der Waals surface area (Å²) in [6.45, 7) is 6.09. The summed E-state index contributed by atoms with van der Waals surface area (Å²) in [5.74, 6) is -1.09. The number of hydrogen-bond acceptors (Lipinski definition) is 4. The maximum Gasteiger partial charge on any atom is 0.262 e. The Labute approximate surface area is 200 Å². The molecule has 0 fully saturated rings. The average molecular weight is 456 g/mol. The van der Waals surface area contributed by atoms with Gasteiger partial charge in [-0.15, -0.1) is 0 Å². The number of carbonyl (C=O) groups is 3. The highest BCUT2D eigenvalue weighted by Crippen LogP contribution is 2.29. The lowest BCUT2D eigenvalue weighted by molar-refractivity contribution is -0.122. The van der Waals surface area contributed by atoms with Crippen LogP contribution in [0.4, 0.5) is 5.69 Å². The number of imide groups is 1. The number of aryl methyl sites for hydroxylation is 3. The van der Waals surface area contributed by atoms with Crippen LogP contribution in [0.15, 0.2) is 67.0 Å². The van der Waals surface area contributed by atoms with Crippen molar-refractivity contribution in [3.05, 3.63) is 94.8 Å². The Hall–Kier alpha value is -3.80. The molecule has 2 heterocycles. The van der Waals surface area contributed by atoms with Crippen LogP contribution >= 0.6 is 0 Å². The van der Waals surface area contributed by atoms with E-state index in [-0.39, 0.29) is 5.91 Å². The maximum absolute atomic E-state index is 13.8. The Morgan fingerprint density at radius 3 is 2.15 bits per heavy atom. The molecule has 2 aromatic carbocycles. The van der Waals surface area contributed by atoms with E-state index in [1.54, 1.807) is 42.3 Å². The van der Waals surface area contributed by atoms with Gasteiger partial charge in [0.15, 0.2) is 0 Å². The fraction of sp³-hybridized carbons (Fsp3) is 0.286. The lowest BCUT2D eigenvalue weighted by Gasteiger charge is -2.31. The van der Waals surface area contributed by atoms with Gasteiger partial charge in [-0.1, -0.05) is 36.4 Å². The number of aromatic nitrogens is 1. The third-order valence-corrected chi connectivity index (χ3v) is 6.37. The summed E-state index contributed by atoms with van der Waals surface area (Å²) in [6, 6.07) is 15.7. The van der Waals surface area contributed by atoms with Gasteiger partial charge >= 0.3 is 0 Å². The molecular formula is C28H29N3O3. The van der Waals surface area contributed by atoms with Crippen molar-refractivity contribution in [1.29, 1.82) is 0 Å². The molecule has 0 saturated heterocycles. The molecular weight excluding hydrogens is 426 g/mol. The molecule has 1 atom stereocenters. The minimum atomic E-state index is -0.912. The lowest BCUT2D eigenvalue weighted by Crippen LogP contribution is -2.50. The molecule has 0 spiro atoms. The zero-order valence-electron chi connectivity index (χ0n) is 19.8. The number of amides is 3. The smallest absolute Gasteiger partial charge is 0.262 e. The zero-order valence-corrected chi connectivity index (χ0v) is 19.8. The van der Waals surface area contributed by atoms with Crippen molar-refractivity contribution in [2.45, 2.75) is 46.1 Å². The predicted octanol–water partition coefficient (Wildman–Crippen LogP) is 4.74. The van der Waals surface area contributed by atoms with E-state index in [1.165, 1.54) is 0 Å². The number of anilines is 1. The van der Waals surface area contributed by atoms with Crippen molar-refractivity contribution in [3.8, 4) is 0 Å². The molecule has 1 aliphatic rings. The highest BCUT2D eigenvalue weighted by Gasteiger charge is 2.42. The van der Waals surface area contributed by atoms with Gasteiger partial charge in [0.25, 0.3) is 11.8 Å². The topological polar surface area (TPSA) is 70.6 Å². The highest BCUT2D eigenvalue weighted by atomic mass is 16.2. The summed E-state index contributed by atoms with van der Waals surface area (Å²) in [5.41, 5.74) is 4.67. The number of carbonyl (C=O) groups excluding carboxylic acids is 3. The van der Waals surface area contributed by atoms with Crippen LogP contribution < -0.4 is 4.90 Å². The molecule has 174 valence electrons. The Morgan fingerprint density at radius 2 is 1.56 bits per heavy atom. The van der Waals surface area contributed by atoms with Crippen molar-refractivity contribution >= 4 is 23.4 Å². The fourth-order valence-electron chi connectivity index (χ4n) is 4.60. The van der Waals surface area contributed by atoms with E-state index in [9.17, 15) is 14.4 Å². The third-order valence-electron chi connectivity index (χ3n) is 6.37. The summed E-state index contributed by atoms with van der Waals surface area (Å²) >= 11 is 0. The second kappa shape index (κ2) is 10.00. The molecule has 1 aromatic heterocycles. The van der Waals surface area contributed by atoms with Gasteiger partial charge in [-0.2, -0.15) is 0 Å². The van der Waals surface area contributed by atoms with Gasteiger partial charge in [0.05, 0.1) is 11.1 Å². The second-order valence-corrected chi connectivity index (χ2v) is 8.75. The number of para-hydroxylation sites is 1. The van der Waals surface area contributed by atoms with Crippen molar-refractivity contribution < 1.29 is 14.4 Å². The third kappa shape index (κ3) is 4.49. The first-order chi connectivity index (χ1) is 16.4. The molecule has 34 heavy (non-hydrogen) atoms. The molecule has 3 aromatic rings. The summed E-state index contributed by atoms with van der Waals surface area (Å²) in [6.07, 6.45) is 6.16. The fourth-order valence-corrected chi connectivity index (χ4v) is 4.60. The van der Waals surface area contributed by atoms with Crippen LogP contribution in [0.25, 0.3) is 0 Å². The average Bonchev–Trinajstić information content (AvgIpc) is 3.10.